The second kappa shape index (κ2) is 9.90. The molecule has 0 aliphatic heterocycles. The number of aromatic nitrogens is 1. The Labute approximate surface area is 151 Å². The zero-order chi connectivity index (χ0) is 18.1. The van der Waals surface area contributed by atoms with Gasteiger partial charge in [0.2, 0.25) is 5.91 Å². The Morgan fingerprint density at radius 2 is 2.00 bits per heavy atom. The highest BCUT2D eigenvalue weighted by Gasteiger charge is 2.19. The first-order valence-electron chi connectivity index (χ1n) is 8.06. The van der Waals surface area contributed by atoms with E-state index in [2.05, 4.69) is 4.98 Å². The maximum absolute atomic E-state index is 12.5. The first-order chi connectivity index (χ1) is 12.1. The third-order valence-electron chi connectivity index (χ3n) is 3.45. The molecule has 1 heterocycles. The predicted molar refractivity (Wildman–Crippen MR) is 96.3 cm³/mol. The number of nitrogens with zero attached hydrogens (tertiary/aromatic N) is 2. The van der Waals surface area contributed by atoms with Gasteiger partial charge in [0.05, 0.1) is 25.3 Å². The molecule has 1 amide bonds. The molecular formula is C18H22N2O4S. The number of ether oxygens (including phenoxy) is 2. The molecule has 1 aromatic carbocycles. The lowest BCUT2D eigenvalue weighted by Crippen LogP contribution is -2.39. The molecule has 134 valence electrons. The van der Waals surface area contributed by atoms with Crippen molar-refractivity contribution < 1.29 is 19.1 Å². The van der Waals surface area contributed by atoms with Crippen molar-refractivity contribution in [2.45, 2.75) is 13.3 Å². The van der Waals surface area contributed by atoms with Gasteiger partial charge in [-0.15, -0.1) is 11.3 Å². The van der Waals surface area contributed by atoms with Gasteiger partial charge < -0.3 is 14.4 Å². The van der Waals surface area contributed by atoms with E-state index in [0.717, 1.165) is 10.6 Å². The average Bonchev–Trinajstić information content (AvgIpc) is 3.08. The monoisotopic (exact) mass is 362 g/mol. The van der Waals surface area contributed by atoms with Crippen molar-refractivity contribution in [3.63, 3.8) is 0 Å². The number of carbonyl (C=O) groups is 2. The number of rotatable bonds is 9. The second-order valence-electron chi connectivity index (χ2n) is 5.30. The summed E-state index contributed by atoms with van der Waals surface area (Å²) in [6.07, 6.45) is 0.145. The molecule has 0 spiro atoms. The first-order valence-corrected chi connectivity index (χ1v) is 8.94. The molecule has 0 aliphatic carbocycles. The van der Waals surface area contributed by atoms with Crippen LogP contribution in [0.1, 0.15) is 12.6 Å². The second-order valence-corrected chi connectivity index (χ2v) is 6.16. The maximum Gasteiger partial charge on any atom is 0.325 e. The van der Waals surface area contributed by atoms with Crippen LogP contribution in [0, 0.1) is 0 Å². The fraction of sp³-hybridized carbons (Fsp3) is 0.389. The molecule has 0 aliphatic rings. The third kappa shape index (κ3) is 5.95. The average molecular weight is 362 g/mol. The van der Waals surface area contributed by atoms with Crippen molar-refractivity contribution in [2.24, 2.45) is 0 Å². The van der Waals surface area contributed by atoms with Gasteiger partial charge >= 0.3 is 5.97 Å². The summed E-state index contributed by atoms with van der Waals surface area (Å²) in [6, 6.07) is 9.82. The highest BCUT2D eigenvalue weighted by atomic mass is 32.1. The van der Waals surface area contributed by atoms with Gasteiger partial charge in [-0.1, -0.05) is 30.3 Å². The van der Waals surface area contributed by atoms with Crippen LogP contribution in [0.2, 0.25) is 0 Å². The SMILES string of the molecule is CCOC(=O)CN(CCOC)C(=O)Cc1csc(-c2ccccc2)n1. The van der Waals surface area contributed by atoms with Crippen molar-refractivity contribution in [2.75, 3.05) is 33.4 Å². The van der Waals surface area contributed by atoms with Crippen LogP contribution in [-0.2, 0) is 25.5 Å². The molecule has 7 heteroatoms. The van der Waals surface area contributed by atoms with Gasteiger partial charge in [0, 0.05) is 24.6 Å². The molecule has 1 aromatic heterocycles. The predicted octanol–water partition coefficient (Wildman–Crippen LogP) is 2.39. The molecule has 0 radical (unpaired) electrons. The molecule has 0 saturated heterocycles. The molecule has 0 saturated carbocycles. The van der Waals surface area contributed by atoms with E-state index in [0.29, 0.717) is 18.8 Å². The minimum absolute atomic E-state index is 0.0777. The topological polar surface area (TPSA) is 68.7 Å². The first kappa shape index (κ1) is 19.1. The molecule has 6 nitrogen and oxygen atoms in total. The van der Waals surface area contributed by atoms with E-state index in [1.54, 1.807) is 14.0 Å². The lowest BCUT2D eigenvalue weighted by atomic mass is 10.2. The van der Waals surface area contributed by atoms with Crippen molar-refractivity contribution in [3.05, 3.63) is 41.4 Å². The van der Waals surface area contributed by atoms with E-state index >= 15 is 0 Å². The molecule has 25 heavy (non-hydrogen) atoms. The van der Waals surface area contributed by atoms with Crippen molar-refractivity contribution >= 4 is 23.2 Å². The summed E-state index contributed by atoms with van der Waals surface area (Å²) in [4.78, 5) is 30.2. The van der Waals surface area contributed by atoms with Gasteiger partial charge in [-0.05, 0) is 6.92 Å². The van der Waals surface area contributed by atoms with Crippen molar-refractivity contribution in [1.82, 2.24) is 9.88 Å². The molecule has 2 aromatic rings. The number of hydrogen-bond acceptors (Lipinski definition) is 6. The minimum atomic E-state index is -0.421. The van der Waals surface area contributed by atoms with Crippen molar-refractivity contribution in [3.8, 4) is 10.6 Å². The van der Waals surface area contributed by atoms with Crippen LogP contribution in [0.4, 0.5) is 0 Å². The van der Waals surface area contributed by atoms with Crippen LogP contribution < -0.4 is 0 Å². The van der Waals surface area contributed by atoms with Gasteiger partial charge in [-0.25, -0.2) is 4.98 Å². The quantitative estimate of drug-likeness (QED) is 0.641. The minimum Gasteiger partial charge on any atom is -0.465 e. The number of carbonyl (C=O) groups excluding carboxylic acids is 2. The standard InChI is InChI=1S/C18H22N2O4S/c1-3-24-17(22)12-20(9-10-23-2)16(21)11-15-13-25-18(19-15)14-7-5-4-6-8-14/h4-8,13H,3,9-12H2,1-2H3. The zero-order valence-corrected chi connectivity index (χ0v) is 15.3. The van der Waals surface area contributed by atoms with Gasteiger partial charge in [-0.3, -0.25) is 9.59 Å². The van der Waals surface area contributed by atoms with Crippen LogP contribution in [-0.4, -0.2) is 55.2 Å². The van der Waals surface area contributed by atoms with Crippen LogP contribution in [0.5, 0.6) is 0 Å². The number of amides is 1. The molecule has 0 bridgehead atoms. The maximum atomic E-state index is 12.5. The zero-order valence-electron chi connectivity index (χ0n) is 14.4. The van der Waals surface area contributed by atoms with Crippen LogP contribution in [0.15, 0.2) is 35.7 Å². The summed E-state index contributed by atoms with van der Waals surface area (Å²) in [5.41, 5.74) is 1.72. The van der Waals surface area contributed by atoms with Gasteiger partial charge in [-0.2, -0.15) is 0 Å². The Kier molecular flexibility index (Phi) is 7.56. The van der Waals surface area contributed by atoms with Crippen LogP contribution in [0.25, 0.3) is 10.6 Å². The van der Waals surface area contributed by atoms with Gasteiger partial charge in [0.1, 0.15) is 11.6 Å². The van der Waals surface area contributed by atoms with Gasteiger partial charge in [0.15, 0.2) is 0 Å². The Morgan fingerprint density at radius 3 is 2.68 bits per heavy atom. The summed E-state index contributed by atoms with van der Waals surface area (Å²) in [7, 11) is 1.56. The van der Waals surface area contributed by atoms with E-state index in [1.807, 2.05) is 35.7 Å². The summed E-state index contributed by atoms with van der Waals surface area (Å²) in [5.74, 6) is -0.592. The fourth-order valence-corrected chi connectivity index (χ4v) is 3.05. The fourth-order valence-electron chi connectivity index (χ4n) is 2.22. The molecule has 2 rings (SSSR count). The molecule has 0 fully saturated rings. The van der Waals surface area contributed by atoms with E-state index in [-0.39, 0.29) is 25.5 Å². The number of benzene rings is 1. The molecule has 0 unspecified atom stereocenters. The van der Waals surface area contributed by atoms with E-state index in [1.165, 1.54) is 16.2 Å². The lowest BCUT2D eigenvalue weighted by molar-refractivity contribution is -0.149. The Hall–Kier alpha value is -2.25. The van der Waals surface area contributed by atoms with E-state index in [9.17, 15) is 9.59 Å². The Morgan fingerprint density at radius 1 is 1.24 bits per heavy atom. The van der Waals surface area contributed by atoms with Crippen LogP contribution in [0.3, 0.4) is 0 Å². The summed E-state index contributed by atoms with van der Waals surface area (Å²) in [5, 5.41) is 2.75. The van der Waals surface area contributed by atoms with Gasteiger partial charge in [0.25, 0.3) is 0 Å². The lowest BCUT2D eigenvalue weighted by Gasteiger charge is -2.21. The Bertz CT molecular complexity index is 687. The highest BCUT2D eigenvalue weighted by Crippen LogP contribution is 2.23. The van der Waals surface area contributed by atoms with Crippen LogP contribution >= 0.6 is 11.3 Å². The summed E-state index contributed by atoms with van der Waals surface area (Å²) in [6.45, 7) is 2.64. The normalized spacial score (nSPS) is 10.5. The summed E-state index contributed by atoms with van der Waals surface area (Å²) < 4.78 is 9.94. The number of thiazole rings is 1. The number of esters is 1. The Balaban J connectivity index is 2.02. The third-order valence-corrected chi connectivity index (χ3v) is 4.39. The summed E-state index contributed by atoms with van der Waals surface area (Å²) >= 11 is 1.50. The molecule has 0 atom stereocenters. The highest BCUT2D eigenvalue weighted by molar-refractivity contribution is 7.13. The molecule has 0 N–H and O–H groups in total. The van der Waals surface area contributed by atoms with Crippen molar-refractivity contribution in [1.29, 1.82) is 0 Å². The molecular weight excluding hydrogens is 340 g/mol. The largest absolute Gasteiger partial charge is 0.465 e. The van der Waals surface area contributed by atoms with E-state index < -0.39 is 5.97 Å². The number of methoxy groups -OCH3 is 1. The number of hydrogen-bond donors (Lipinski definition) is 0. The smallest absolute Gasteiger partial charge is 0.325 e. The van der Waals surface area contributed by atoms with E-state index in [4.69, 9.17) is 9.47 Å².